The monoisotopic (exact) mass is 263 g/mol. The Bertz CT molecular complexity index is 651. The van der Waals surface area contributed by atoms with E-state index in [1.54, 1.807) is 42.5 Å². The van der Waals surface area contributed by atoms with Gasteiger partial charge in [0.25, 0.3) is 10.0 Å². The first-order chi connectivity index (χ1) is 8.47. The van der Waals surface area contributed by atoms with E-state index in [4.69, 9.17) is 5.73 Å². The summed E-state index contributed by atoms with van der Waals surface area (Å²) in [5.41, 5.74) is 6.49. The van der Waals surface area contributed by atoms with Crippen LogP contribution in [0.25, 0.3) is 0 Å². The van der Waals surface area contributed by atoms with Crippen LogP contribution >= 0.6 is 0 Å². The molecule has 1 aromatic carbocycles. The van der Waals surface area contributed by atoms with Crippen LogP contribution in [0.4, 0.5) is 11.6 Å². The second kappa shape index (κ2) is 4.66. The third-order valence-electron chi connectivity index (χ3n) is 2.34. The fraction of sp³-hybridized carbons (Fsp3) is 0.0833. The molecule has 0 saturated carbocycles. The van der Waals surface area contributed by atoms with Crippen molar-refractivity contribution in [1.29, 1.82) is 0 Å². The van der Waals surface area contributed by atoms with Crippen LogP contribution in [0.2, 0.25) is 0 Å². The molecule has 0 saturated heterocycles. The highest BCUT2D eigenvalue weighted by molar-refractivity contribution is 7.92. The van der Waals surface area contributed by atoms with Crippen molar-refractivity contribution < 1.29 is 8.42 Å². The lowest BCUT2D eigenvalue weighted by Gasteiger charge is -2.07. The number of nitrogen functional groups attached to an aromatic ring is 1. The van der Waals surface area contributed by atoms with Crippen molar-refractivity contribution in [2.24, 2.45) is 0 Å². The van der Waals surface area contributed by atoms with Crippen LogP contribution in [0.3, 0.4) is 0 Å². The zero-order valence-electron chi connectivity index (χ0n) is 9.79. The van der Waals surface area contributed by atoms with Crippen LogP contribution < -0.4 is 10.5 Å². The van der Waals surface area contributed by atoms with Crippen LogP contribution in [0.1, 0.15) is 5.56 Å². The molecule has 0 radical (unpaired) electrons. The Balaban J connectivity index is 2.30. The maximum Gasteiger partial charge on any atom is 0.263 e. The third kappa shape index (κ3) is 2.78. The Hall–Kier alpha value is -2.08. The number of nitrogens with two attached hydrogens (primary N) is 1. The van der Waals surface area contributed by atoms with Gasteiger partial charge in [-0.2, -0.15) is 0 Å². The molecule has 0 aliphatic heterocycles. The van der Waals surface area contributed by atoms with Gasteiger partial charge in [-0.1, -0.05) is 23.8 Å². The number of nitrogens with one attached hydrogen (secondary N) is 1. The summed E-state index contributed by atoms with van der Waals surface area (Å²) in [6, 6.07) is 11.3. The van der Waals surface area contributed by atoms with Gasteiger partial charge < -0.3 is 5.73 Å². The normalized spacial score (nSPS) is 11.2. The molecule has 2 aromatic rings. The predicted octanol–water partition coefficient (Wildman–Crippen LogP) is 1.77. The lowest BCUT2D eigenvalue weighted by molar-refractivity contribution is 0.601. The van der Waals surface area contributed by atoms with Crippen LogP contribution in [-0.4, -0.2) is 13.4 Å². The number of benzene rings is 1. The molecule has 1 heterocycles. The second-order valence-electron chi connectivity index (χ2n) is 3.87. The van der Waals surface area contributed by atoms with Gasteiger partial charge in [-0.05, 0) is 31.2 Å². The van der Waals surface area contributed by atoms with E-state index in [0.717, 1.165) is 5.56 Å². The Kier molecular flexibility index (Phi) is 3.20. The van der Waals surface area contributed by atoms with Gasteiger partial charge in [-0.3, -0.25) is 4.72 Å². The van der Waals surface area contributed by atoms with Crippen molar-refractivity contribution in [3.63, 3.8) is 0 Å². The molecule has 5 nitrogen and oxygen atoms in total. The molecule has 6 heteroatoms. The quantitative estimate of drug-likeness (QED) is 0.883. The highest BCUT2D eigenvalue weighted by Gasteiger charge is 2.14. The Labute approximate surface area is 106 Å². The summed E-state index contributed by atoms with van der Waals surface area (Å²) in [5.74, 6) is 0.467. The van der Waals surface area contributed by atoms with Crippen molar-refractivity contribution in [1.82, 2.24) is 4.98 Å². The van der Waals surface area contributed by atoms with Crippen molar-refractivity contribution in [2.75, 3.05) is 10.5 Å². The second-order valence-corrected chi connectivity index (χ2v) is 5.55. The van der Waals surface area contributed by atoms with Gasteiger partial charge in [0.15, 0.2) is 0 Å². The Morgan fingerprint density at radius 2 is 1.78 bits per heavy atom. The van der Waals surface area contributed by atoms with Crippen LogP contribution in [-0.2, 0) is 10.0 Å². The van der Waals surface area contributed by atoms with Crippen LogP contribution in [0.15, 0.2) is 47.4 Å². The van der Waals surface area contributed by atoms with Crippen molar-refractivity contribution in [3.05, 3.63) is 48.0 Å². The summed E-state index contributed by atoms with van der Waals surface area (Å²) < 4.78 is 26.4. The van der Waals surface area contributed by atoms with E-state index in [0.29, 0.717) is 0 Å². The van der Waals surface area contributed by atoms with Crippen LogP contribution in [0.5, 0.6) is 0 Å². The molecule has 0 amide bonds. The lowest BCUT2D eigenvalue weighted by atomic mass is 10.2. The summed E-state index contributed by atoms with van der Waals surface area (Å²) in [6.07, 6.45) is 0. The van der Waals surface area contributed by atoms with E-state index in [1.807, 2.05) is 6.92 Å². The van der Waals surface area contributed by atoms with Crippen molar-refractivity contribution >= 4 is 21.7 Å². The van der Waals surface area contributed by atoms with E-state index >= 15 is 0 Å². The smallest absolute Gasteiger partial charge is 0.263 e. The number of sulfonamides is 1. The number of pyridine rings is 1. The molecule has 0 aliphatic carbocycles. The first-order valence-electron chi connectivity index (χ1n) is 5.29. The summed E-state index contributed by atoms with van der Waals surface area (Å²) in [6.45, 7) is 1.89. The highest BCUT2D eigenvalue weighted by atomic mass is 32.2. The fourth-order valence-corrected chi connectivity index (χ4v) is 2.42. The average molecular weight is 263 g/mol. The first kappa shape index (κ1) is 12.4. The molecule has 3 N–H and O–H groups in total. The highest BCUT2D eigenvalue weighted by Crippen LogP contribution is 2.15. The number of hydrogen-bond acceptors (Lipinski definition) is 4. The molecule has 18 heavy (non-hydrogen) atoms. The Morgan fingerprint density at radius 3 is 2.39 bits per heavy atom. The van der Waals surface area contributed by atoms with Gasteiger partial charge in [0.1, 0.15) is 11.6 Å². The van der Waals surface area contributed by atoms with Crippen molar-refractivity contribution in [3.8, 4) is 0 Å². The van der Waals surface area contributed by atoms with Gasteiger partial charge in [0.2, 0.25) is 0 Å². The van der Waals surface area contributed by atoms with E-state index in [2.05, 4.69) is 9.71 Å². The minimum atomic E-state index is -3.61. The summed E-state index contributed by atoms with van der Waals surface area (Å²) in [7, 11) is -3.61. The van der Waals surface area contributed by atoms with E-state index in [9.17, 15) is 8.42 Å². The molecule has 2 rings (SSSR count). The summed E-state index contributed by atoms with van der Waals surface area (Å²) in [4.78, 5) is 4.08. The molecule has 0 unspecified atom stereocenters. The zero-order chi connectivity index (χ0) is 13.2. The third-order valence-corrected chi connectivity index (χ3v) is 3.71. The Morgan fingerprint density at radius 1 is 1.11 bits per heavy atom. The van der Waals surface area contributed by atoms with Gasteiger partial charge in [-0.15, -0.1) is 0 Å². The number of anilines is 2. The number of hydrogen-bond donors (Lipinski definition) is 2. The maximum atomic E-state index is 12.0. The largest absolute Gasteiger partial charge is 0.384 e. The van der Waals surface area contributed by atoms with Gasteiger partial charge in [0, 0.05) is 0 Å². The minimum absolute atomic E-state index is 0.192. The van der Waals surface area contributed by atoms with Crippen LogP contribution in [0, 0.1) is 6.92 Å². The molecule has 0 bridgehead atoms. The van der Waals surface area contributed by atoms with Gasteiger partial charge in [0.05, 0.1) is 4.90 Å². The van der Waals surface area contributed by atoms with Gasteiger partial charge >= 0.3 is 0 Å². The predicted molar refractivity (Wildman–Crippen MR) is 70.6 cm³/mol. The van der Waals surface area contributed by atoms with E-state index in [1.165, 1.54) is 0 Å². The molecule has 1 aromatic heterocycles. The van der Waals surface area contributed by atoms with Crippen molar-refractivity contribution in [2.45, 2.75) is 11.8 Å². The maximum absolute atomic E-state index is 12.0. The number of rotatable bonds is 3. The topological polar surface area (TPSA) is 85.1 Å². The number of nitrogens with zero attached hydrogens (tertiary/aromatic N) is 1. The molecule has 0 spiro atoms. The van der Waals surface area contributed by atoms with Gasteiger partial charge in [-0.25, -0.2) is 13.4 Å². The fourth-order valence-electron chi connectivity index (χ4n) is 1.42. The SMILES string of the molecule is Cc1ccc(S(=O)(=O)Nc2cccc(N)n2)cc1. The number of aryl methyl sites for hydroxylation is 1. The first-order valence-corrected chi connectivity index (χ1v) is 6.78. The summed E-state index contributed by atoms with van der Waals surface area (Å²) >= 11 is 0. The standard InChI is InChI=1S/C12H13N3O2S/c1-9-5-7-10(8-6-9)18(16,17)15-12-4-2-3-11(13)14-12/h2-8H,1H3,(H3,13,14,15). The zero-order valence-corrected chi connectivity index (χ0v) is 10.6. The number of aromatic nitrogens is 1. The molecule has 0 fully saturated rings. The lowest BCUT2D eigenvalue weighted by Crippen LogP contribution is -2.14. The molecule has 94 valence electrons. The molecule has 0 aliphatic rings. The molecular weight excluding hydrogens is 250 g/mol. The average Bonchev–Trinajstić information content (AvgIpc) is 2.29. The van der Waals surface area contributed by atoms with E-state index < -0.39 is 10.0 Å². The minimum Gasteiger partial charge on any atom is -0.384 e. The molecular formula is C12H13N3O2S. The summed E-state index contributed by atoms with van der Waals surface area (Å²) in [5, 5.41) is 0. The molecule has 0 atom stereocenters. The van der Waals surface area contributed by atoms with E-state index in [-0.39, 0.29) is 16.5 Å².